The summed E-state index contributed by atoms with van der Waals surface area (Å²) in [5.41, 5.74) is 8.71. The van der Waals surface area contributed by atoms with E-state index in [1.54, 1.807) is 6.07 Å². The lowest BCUT2D eigenvalue weighted by Gasteiger charge is -2.15. The zero-order chi connectivity index (χ0) is 15.0. The van der Waals surface area contributed by atoms with Crippen LogP contribution in [-0.2, 0) is 0 Å². The zero-order valence-corrected chi connectivity index (χ0v) is 13.2. The number of benzene rings is 3. The predicted molar refractivity (Wildman–Crippen MR) is 88.8 cm³/mol. The van der Waals surface area contributed by atoms with Crippen LogP contribution in [0.4, 0.5) is 4.39 Å². The number of aryl methyl sites for hydroxylation is 1. The molecule has 3 heteroatoms. The molecule has 0 aliphatic carbocycles. The normalized spacial score (nSPS) is 12.6. The topological polar surface area (TPSA) is 26.0 Å². The van der Waals surface area contributed by atoms with Crippen LogP contribution in [0.2, 0.25) is 0 Å². The first-order chi connectivity index (χ1) is 10.0. The van der Waals surface area contributed by atoms with Gasteiger partial charge in [-0.05, 0) is 47.5 Å². The van der Waals surface area contributed by atoms with Crippen molar-refractivity contribution in [1.82, 2.24) is 0 Å². The first-order valence-corrected chi connectivity index (χ1v) is 7.55. The molecule has 106 valence electrons. The zero-order valence-electron chi connectivity index (χ0n) is 11.6. The molecule has 0 heterocycles. The molecule has 2 N–H and O–H groups in total. The average molecular weight is 344 g/mol. The monoisotopic (exact) mass is 343 g/mol. The molecule has 0 aliphatic rings. The molecule has 1 nitrogen and oxygen atoms in total. The molecule has 3 rings (SSSR count). The van der Waals surface area contributed by atoms with E-state index in [0.29, 0.717) is 5.56 Å². The van der Waals surface area contributed by atoms with Crippen molar-refractivity contribution in [3.8, 4) is 0 Å². The summed E-state index contributed by atoms with van der Waals surface area (Å²) in [7, 11) is 0. The Hall–Kier alpha value is -1.71. The first-order valence-electron chi connectivity index (χ1n) is 6.75. The molecule has 1 atom stereocenters. The molecule has 0 saturated heterocycles. The van der Waals surface area contributed by atoms with E-state index in [1.165, 1.54) is 6.07 Å². The van der Waals surface area contributed by atoms with Crippen LogP contribution < -0.4 is 5.73 Å². The van der Waals surface area contributed by atoms with Crippen molar-refractivity contribution in [2.24, 2.45) is 5.73 Å². The maximum Gasteiger partial charge on any atom is 0.128 e. The van der Waals surface area contributed by atoms with Crippen LogP contribution in [0.25, 0.3) is 10.8 Å². The van der Waals surface area contributed by atoms with E-state index in [1.807, 2.05) is 43.3 Å². The van der Waals surface area contributed by atoms with E-state index in [9.17, 15) is 4.39 Å². The Morgan fingerprint density at radius 3 is 2.48 bits per heavy atom. The van der Waals surface area contributed by atoms with E-state index in [-0.39, 0.29) is 5.82 Å². The minimum absolute atomic E-state index is 0.260. The summed E-state index contributed by atoms with van der Waals surface area (Å²) in [6.07, 6.45) is 0. The van der Waals surface area contributed by atoms with E-state index >= 15 is 0 Å². The van der Waals surface area contributed by atoms with Crippen LogP contribution in [0.5, 0.6) is 0 Å². The molecule has 0 radical (unpaired) electrons. The molecule has 21 heavy (non-hydrogen) atoms. The van der Waals surface area contributed by atoms with Crippen molar-refractivity contribution in [1.29, 1.82) is 0 Å². The molecule has 0 fully saturated rings. The minimum Gasteiger partial charge on any atom is -0.320 e. The summed E-state index contributed by atoms with van der Waals surface area (Å²) in [5, 5.41) is 2.23. The lowest BCUT2D eigenvalue weighted by Crippen LogP contribution is -2.13. The van der Waals surface area contributed by atoms with Crippen LogP contribution in [0.3, 0.4) is 0 Å². The van der Waals surface area contributed by atoms with Gasteiger partial charge in [0.1, 0.15) is 5.82 Å². The van der Waals surface area contributed by atoms with E-state index in [4.69, 9.17) is 5.73 Å². The van der Waals surface area contributed by atoms with Crippen molar-refractivity contribution < 1.29 is 4.39 Å². The molecule has 0 aromatic heterocycles. The fourth-order valence-electron chi connectivity index (χ4n) is 2.51. The Balaban J connectivity index is 2.07. The summed E-state index contributed by atoms with van der Waals surface area (Å²) in [4.78, 5) is 0. The molecular formula is C18H15BrFN. The predicted octanol–water partition coefficient (Wildman–Crippen LogP) is 5.10. The van der Waals surface area contributed by atoms with Crippen molar-refractivity contribution in [2.45, 2.75) is 13.0 Å². The Kier molecular flexibility index (Phi) is 3.79. The maximum absolute atomic E-state index is 14.0. The average Bonchev–Trinajstić information content (AvgIpc) is 2.48. The maximum atomic E-state index is 14.0. The summed E-state index contributed by atoms with van der Waals surface area (Å²) >= 11 is 3.46. The van der Waals surface area contributed by atoms with Gasteiger partial charge >= 0.3 is 0 Å². The quantitative estimate of drug-likeness (QED) is 0.688. The third kappa shape index (κ3) is 2.85. The Morgan fingerprint density at radius 2 is 1.67 bits per heavy atom. The van der Waals surface area contributed by atoms with Crippen molar-refractivity contribution in [3.63, 3.8) is 0 Å². The molecular weight excluding hydrogens is 329 g/mol. The molecule has 0 bridgehead atoms. The van der Waals surface area contributed by atoms with Crippen molar-refractivity contribution in [2.75, 3.05) is 0 Å². The number of halogens is 2. The fraction of sp³-hybridized carbons (Fsp3) is 0.111. The molecule has 0 aliphatic heterocycles. The van der Waals surface area contributed by atoms with Gasteiger partial charge in [0.05, 0.1) is 6.04 Å². The molecule has 1 unspecified atom stereocenters. The highest BCUT2D eigenvalue weighted by atomic mass is 79.9. The number of hydrogen-bond donors (Lipinski definition) is 1. The second-order valence-electron chi connectivity index (χ2n) is 5.25. The van der Waals surface area contributed by atoms with Gasteiger partial charge < -0.3 is 5.73 Å². The van der Waals surface area contributed by atoms with Gasteiger partial charge in [-0.1, -0.05) is 51.8 Å². The summed E-state index contributed by atoms with van der Waals surface area (Å²) in [5.74, 6) is -0.260. The van der Waals surface area contributed by atoms with Gasteiger partial charge in [-0.15, -0.1) is 0 Å². The van der Waals surface area contributed by atoms with Gasteiger partial charge in [0.15, 0.2) is 0 Å². The van der Waals surface area contributed by atoms with Crippen LogP contribution in [0, 0.1) is 12.7 Å². The molecule has 3 aromatic rings. The standard InChI is InChI=1S/C18H15BrFN/c1-11-2-7-17(20)16(8-11)18(21)14-4-3-13-10-15(19)6-5-12(13)9-14/h2-10,18H,21H2,1H3. The number of nitrogens with two attached hydrogens (primary N) is 1. The largest absolute Gasteiger partial charge is 0.320 e. The third-order valence-electron chi connectivity index (χ3n) is 3.67. The van der Waals surface area contributed by atoms with Gasteiger partial charge in [0, 0.05) is 10.0 Å². The van der Waals surface area contributed by atoms with Gasteiger partial charge in [-0.2, -0.15) is 0 Å². The lowest BCUT2D eigenvalue weighted by molar-refractivity contribution is 0.599. The second-order valence-corrected chi connectivity index (χ2v) is 6.17. The number of hydrogen-bond acceptors (Lipinski definition) is 1. The van der Waals surface area contributed by atoms with Crippen molar-refractivity contribution >= 4 is 26.7 Å². The highest BCUT2D eigenvalue weighted by Gasteiger charge is 2.14. The van der Waals surface area contributed by atoms with E-state index < -0.39 is 6.04 Å². The van der Waals surface area contributed by atoms with Crippen molar-refractivity contribution in [3.05, 3.63) is 81.6 Å². The van der Waals surface area contributed by atoms with Gasteiger partial charge in [-0.25, -0.2) is 4.39 Å². The Morgan fingerprint density at radius 1 is 0.952 bits per heavy atom. The summed E-state index contributed by atoms with van der Waals surface area (Å²) < 4.78 is 15.0. The van der Waals surface area contributed by atoms with Crippen LogP contribution in [0.15, 0.2) is 59.1 Å². The van der Waals surface area contributed by atoms with Crippen LogP contribution >= 0.6 is 15.9 Å². The van der Waals surface area contributed by atoms with Crippen LogP contribution in [-0.4, -0.2) is 0 Å². The summed E-state index contributed by atoms with van der Waals surface area (Å²) in [6.45, 7) is 1.94. The molecule has 0 saturated carbocycles. The number of rotatable bonds is 2. The van der Waals surface area contributed by atoms with Gasteiger partial charge in [0.2, 0.25) is 0 Å². The fourth-order valence-corrected chi connectivity index (χ4v) is 2.89. The Bertz CT molecular complexity index is 813. The van der Waals surface area contributed by atoms with E-state index in [0.717, 1.165) is 26.4 Å². The lowest BCUT2D eigenvalue weighted by atomic mass is 9.95. The SMILES string of the molecule is Cc1ccc(F)c(C(N)c2ccc3cc(Br)ccc3c2)c1. The second kappa shape index (κ2) is 5.58. The molecule has 0 amide bonds. The summed E-state index contributed by atoms with van der Waals surface area (Å²) in [6, 6.07) is 16.7. The molecule has 3 aromatic carbocycles. The van der Waals surface area contributed by atoms with E-state index in [2.05, 4.69) is 22.0 Å². The van der Waals surface area contributed by atoms with Gasteiger partial charge in [-0.3, -0.25) is 0 Å². The minimum atomic E-state index is -0.460. The highest BCUT2D eigenvalue weighted by molar-refractivity contribution is 9.10. The Labute approximate surface area is 131 Å². The highest BCUT2D eigenvalue weighted by Crippen LogP contribution is 2.27. The van der Waals surface area contributed by atoms with Crippen LogP contribution in [0.1, 0.15) is 22.7 Å². The first kappa shape index (κ1) is 14.2. The third-order valence-corrected chi connectivity index (χ3v) is 4.17. The van der Waals surface area contributed by atoms with Gasteiger partial charge in [0.25, 0.3) is 0 Å². The number of fused-ring (bicyclic) bond motifs is 1. The smallest absolute Gasteiger partial charge is 0.128 e. The molecule has 0 spiro atoms.